The minimum absolute atomic E-state index is 0.465. The van der Waals surface area contributed by atoms with Crippen molar-refractivity contribution in [2.75, 3.05) is 13.2 Å². The summed E-state index contributed by atoms with van der Waals surface area (Å²) in [6, 6.07) is 0. The minimum Gasteiger partial charge on any atom is -0.378 e. The second-order valence-corrected chi connectivity index (χ2v) is 5.89. The average Bonchev–Trinajstić information content (AvgIpc) is 2.96. The van der Waals surface area contributed by atoms with E-state index in [0.29, 0.717) is 11.5 Å². The normalized spacial score (nSPS) is 39.4. The van der Waals surface area contributed by atoms with Gasteiger partial charge in [0.2, 0.25) is 0 Å². The van der Waals surface area contributed by atoms with E-state index in [2.05, 4.69) is 6.92 Å². The molecule has 1 saturated carbocycles. The Labute approximate surface area is 99.9 Å². The van der Waals surface area contributed by atoms with E-state index in [9.17, 15) is 0 Å². The first-order valence-corrected chi connectivity index (χ1v) is 7.10. The number of hydrogen-bond acceptors (Lipinski definition) is 2. The number of hydrogen-bond donors (Lipinski definition) is 1. The van der Waals surface area contributed by atoms with E-state index in [-0.39, 0.29) is 0 Å². The van der Waals surface area contributed by atoms with Crippen molar-refractivity contribution < 1.29 is 4.74 Å². The third-order valence-electron chi connectivity index (χ3n) is 4.84. The standard InChI is InChI=1S/C14H27NO/c1-2-12-5-7-14(10-12,11-15)8-6-13-4-3-9-16-13/h12-13H,2-11,15H2,1H3. The summed E-state index contributed by atoms with van der Waals surface area (Å²) in [5.41, 5.74) is 6.49. The molecule has 0 radical (unpaired) electrons. The van der Waals surface area contributed by atoms with Gasteiger partial charge >= 0.3 is 0 Å². The number of nitrogens with two attached hydrogens (primary N) is 1. The molecule has 0 aromatic rings. The Hall–Kier alpha value is -0.0800. The van der Waals surface area contributed by atoms with E-state index in [1.807, 2.05) is 0 Å². The van der Waals surface area contributed by atoms with Crippen molar-refractivity contribution in [3.8, 4) is 0 Å². The predicted molar refractivity (Wildman–Crippen MR) is 67.3 cm³/mol. The Bertz CT molecular complexity index is 213. The van der Waals surface area contributed by atoms with Gasteiger partial charge in [-0.05, 0) is 62.8 Å². The largest absolute Gasteiger partial charge is 0.378 e. The van der Waals surface area contributed by atoms with E-state index in [4.69, 9.17) is 10.5 Å². The Morgan fingerprint density at radius 2 is 2.25 bits per heavy atom. The van der Waals surface area contributed by atoms with Crippen LogP contribution in [0.4, 0.5) is 0 Å². The number of ether oxygens (including phenoxy) is 1. The zero-order valence-corrected chi connectivity index (χ0v) is 10.7. The molecule has 1 heterocycles. The van der Waals surface area contributed by atoms with Gasteiger partial charge in [0.25, 0.3) is 0 Å². The van der Waals surface area contributed by atoms with Crippen LogP contribution in [0.2, 0.25) is 0 Å². The molecule has 1 saturated heterocycles. The zero-order chi connectivity index (χ0) is 11.4. The maximum Gasteiger partial charge on any atom is 0.0576 e. The summed E-state index contributed by atoms with van der Waals surface area (Å²) in [7, 11) is 0. The molecule has 0 aromatic carbocycles. The number of rotatable bonds is 5. The molecule has 16 heavy (non-hydrogen) atoms. The Morgan fingerprint density at radius 1 is 1.38 bits per heavy atom. The smallest absolute Gasteiger partial charge is 0.0576 e. The van der Waals surface area contributed by atoms with Crippen molar-refractivity contribution in [3.63, 3.8) is 0 Å². The summed E-state index contributed by atoms with van der Waals surface area (Å²) in [6.07, 6.45) is 11.1. The first kappa shape index (κ1) is 12.4. The molecule has 2 heteroatoms. The fourth-order valence-electron chi connectivity index (χ4n) is 3.53. The highest BCUT2D eigenvalue weighted by molar-refractivity contribution is 4.90. The van der Waals surface area contributed by atoms with Crippen molar-refractivity contribution in [1.29, 1.82) is 0 Å². The van der Waals surface area contributed by atoms with Gasteiger partial charge in [-0.25, -0.2) is 0 Å². The summed E-state index contributed by atoms with van der Waals surface area (Å²) in [5.74, 6) is 0.938. The minimum atomic E-state index is 0.465. The summed E-state index contributed by atoms with van der Waals surface area (Å²) >= 11 is 0. The van der Waals surface area contributed by atoms with E-state index >= 15 is 0 Å². The van der Waals surface area contributed by atoms with Crippen LogP contribution in [0, 0.1) is 11.3 Å². The molecule has 0 amide bonds. The molecule has 3 atom stereocenters. The molecule has 3 unspecified atom stereocenters. The molecule has 1 aliphatic heterocycles. The molecule has 1 aliphatic carbocycles. The van der Waals surface area contributed by atoms with E-state index in [0.717, 1.165) is 19.1 Å². The maximum atomic E-state index is 6.03. The highest BCUT2D eigenvalue weighted by atomic mass is 16.5. The van der Waals surface area contributed by atoms with Crippen LogP contribution < -0.4 is 5.73 Å². The van der Waals surface area contributed by atoms with Crippen molar-refractivity contribution in [2.45, 2.75) is 64.4 Å². The Kier molecular flexibility index (Phi) is 4.26. The highest BCUT2D eigenvalue weighted by Gasteiger charge is 2.37. The predicted octanol–water partition coefficient (Wildman–Crippen LogP) is 3.10. The van der Waals surface area contributed by atoms with Gasteiger partial charge in [-0.1, -0.05) is 13.3 Å². The van der Waals surface area contributed by atoms with Crippen molar-refractivity contribution in [2.24, 2.45) is 17.1 Å². The van der Waals surface area contributed by atoms with Gasteiger partial charge in [0, 0.05) is 6.61 Å². The van der Waals surface area contributed by atoms with Gasteiger partial charge in [0.15, 0.2) is 0 Å². The molecule has 2 fully saturated rings. The van der Waals surface area contributed by atoms with Crippen molar-refractivity contribution >= 4 is 0 Å². The molecule has 0 aromatic heterocycles. The molecular formula is C14H27NO. The highest BCUT2D eigenvalue weighted by Crippen LogP contribution is 2.46. The quantitative estimate of drug-likeness (QED) is 0.780. The summed E-state index contributed by atoms with van der Waals surface area (Å²) in [6.45, 7) is 4.19. The lowest BCUT2D eigenvalue weighted by atomic mass is 9.79. The van der Waals surface area contributed by atoms with E-state index < -0.39 is 0 Å². The average molecular weight is 225 g/mol. The second kappa shape index (κ2) is 5.50. The lowest BCUT2D eigenvalue weighted by Gasteiger charge is -2.29. The van der Waals surface area contributed by atoms with Crippen LogP contribution in [-0.4, -0.2) is 19.3 Å². The van der Waals surface area contributed by atoms with Gasteiger partial charge in [0.05, 0.1) is 6.10 Å². The van der Waals surface area contributed by atoms with Gasteiger partial charge in [-0.15, -0.1) is 0 Å². The Morgan fingerprint density at radius 3 is 2.81 bits per heavy atom. The fraction of sp³-hybridized carbons (Fsp3) is 1.00. The fourth-order valence-corrected chi connectivity index (χ4v) is 3.53. The van der Waals surface area contributed by atoms with Gasteiger partial charge < -0.3 is 10.5 Å². The molecule has 2 N–H and O–H groups in total. The van der Waals surface area contributed by atoms with Crippen LogP contribution in [0.15, 0.2) is 0 Å². The third-order valence-corrected chi connectivity index (χ3v) is 4.84. The van der Waals surface area contributed by atoms with Crippen molar-refractivity contribution in [1.82, 2.24) is 0 Å². The van der Waals surface area contributed by atoms with Crippen LogP contribution in [0.25, 0.3) is 0 Å². The van der Waals surface area contributed by atoms with Gasteiger partial charge in [-0.2, -0.15) is 0 Å². The molecule has 94 valence electrons. The lowest BCUT2D eigenvalue weighted by molar-refractivity contribution is 0.0881. The molecule has 2 nitrogen and oxygen atoms in total. The first-order chi connectivity index (χ1) is 7.78. The maximum absolute atomic E-state index is 6.03. The van der Waals surface area contributed by atoms with Crippen LogP contribution in [0.1, 0.15) is 58.3 Å². The van der Waals surface area contributed by atoms with E-state index in [1.54, 1.807) is 0 Å². The summed E-state index contributed by atoms with van der Waals surface area (Å²) in [5, 5.41) is 0. The molecule has 2 aliphatic rings. The first-order valence-electron chi connectivity index (χ1n) is 7.10. The van der Waals surface area contributed by atoms with Crippen LogP contribution in [0.3, 0.4) is 0 Å². The van der Waals surface area contributed by atoms with E-state index in [1.165, 1.54) is 51.4 Å². The molecule has 0 spiro atoms. The third kappa shape index (κ3) is 2.78. The SMILES string of the molecule is CCC1CCC(CN)(CCC2CCCO2)C1. The molecular weight excluding hydrogens is 198 g/mol. The molecule has 2 rings (SSSR count). The monoisotopic (exact) mass is 225 g/mol. The summed E-state index contributed by atoms with van der Waals surface area (Å²) < 4.78 is 5.71. The summed E-state index contributed by atoms with van der Waals surface area (Å²) in [4.78, 5) is 0. The van der Waals surface area contributed by atoms with Gasteiger partial charge in [0.1, 0.15) is 0 Å². The lowest BCUT2D eigenvalue weighted by Crippen LogP contribution is -2.29. The Balaban J connectivity index is 1.80. The molecule has 0 bridgehead atoms. The van der Waals surface area contributed by atoms with Crippen LogP contribution >= 0.6 is 0 Å². The topological polar surface area (TPSA) is 35.2 Å². The van der Waals surface area contributed by atoms with Crippen LogP contribution in [-0.2, 0) is 4.74 Å². The van der Waals surface area contributed by atoms with Crippen LogP contribution in [0.5, 0.6) is 0 Å². The zero-order valence-electron chi connectivity index (χ0n) is 10.7. The van der Waals surface area contributed by atoms with Gasteiger partial charge in [-0.3, -0.25) is 0 Å². The second-order valence-electron chi connectivity index (χ2n) is 5.89. The van der Waals surface area contributed by atoms with Crippen molar-refractivity contribution in [3.05, 3.63) is 0 Å².